The first-order valence-corrected chi connectivity index (χ1v) is 11.7. The van der Waals surface area contributed by atoms with Crippen molar-refractivity contribution in [3.05, 3.63) is 40.1 Å². The smallest absolute Gasteiger partial charge is 0.379 e. The molecule has 0 bridgehead atoms. The second-order valence-electron chi connectivity index (χ2n) is 9.06. The molecule has 37 heavy (non-hydrogen) atoms. The van der Waals surface area contributed by atoms with Gasteiger partial charge in [-0.25, -0.2) is 23.8 Å². The van der Waals surface area contributed by atoms with E-state index < -0.39 is 40.9 Å². The minimum atomic E-state index is -4.85. The topological polar surface area (TPSA) is 116 Å². The van der Waals surface area contributed by atoms with Gasteiger partial charge >= 0.3 is 6.18 Å². The van der Waals surface area contributed by atoms with Gasteiger partial charge in [-0.2, -0.15) is 18.3 Å². The van der Waals surface area contributed by atoms with Gasteiger partial charge in [-0.15, -0.1) is 0 Å². The summed E-state index contributed by atoms with van der Waals surface area (Å²) in [5.74, 6) is -3.19. The van der Waals surface area contributed by atoms with Gasteiger partial charge in [0, 0.05) is 51.0 Å². The van der Waals surface area contributed by atoms with Gasteiger partial charge < -0.3 is 19.9 Å². The Morgan fingerprint density at radius 2 is 1.86 bits per heavy atom. The van der Waals surface area contributed by atoms with Gasteiger partial charge in [0.25, 0.3) is 11.5 Å². The highest BCUT2D eigenvalue weighted by Crippen LogP contribution is 2.55. The van der Waals surface area contributed by atoms with E-state index in [1.807, 2.05) is 4.90 Å². The van der Waals surface area contributed by atoms with E-state index in [0.29, 0.717) is 37.7 Å². The number of piperazine rings is 1. The normalized spacial score (nSPS) is 20.0. The Morgan fingerprint density at radius 1 is 1.22 bits per heavy atom. The van der Waals surface area contributed by atoms with Crippen LogP contribution in [0.1, 0.15) is 36.8 Å². The van der Waals surface area contributed by atoms with Gasteiger partial charge in [0.2, 0.25) is 11.9 Å². The molecule has 0 spiro atoms. The van der Waals surface area contributed by atoms with Gasteiger partial charge in [-0.1, -0.05) is 0 Å². The van der Waals surface area contributed by atoms with Crippen LogP contribution >= 0.6 is 0 Å². The fourth-order valence-electron chi connectivity index (χ4n) is 4.08. The largest absolute Gasteiger partial charge is 0.423 e. The van der Waals surface area contributed by atoms with Crippen molar-refractivity contribution in [2.75, 3.05) is 49.6 Å². The molecule has 2 atom stereocenters. The van der Waals surface area contributed by atoms with E-state index in [0.717, 1.165) is 6.20 Å². The highest BCUT2D eigenvalue weighted by molar-refractivity contribution is 5.76. The molecule has 10 nitrogen and oxygen atoms in total. The Hall–Kier alpha value is -3.36. The first kappa shape index (κ1) is 26.7. The minimum Gasteiger partial charge on any atom is -0.379 e. The lowest BCUT2D eigenvalue weighted by Crippen LogP contribution is -2.49. The van der Waals surface area contributed by atoms with Crippen LogP contribution in [0.5, 0.6) is 0 Å². The summed E-state index contributed by atoms with van der Waals surface area (Å²) in [6, 6.07) is -0.583. The molecular formula is C22H26F5N7O3. The van der Waals surface area contributed by atoms with Gasteiger partial charge in [-0.05, 0) is 12.5 Å². The van der Waals surface area contributed by atoms with Crippen LogP contribution < -0.4 is 15.8 Å². The van der Waals surface area contributed by atoms with E-state index in [1.54, 1.807) is 16.9 Å². The molecule has 1 amide bonds. The summed E-state index contributed by atoms with van der Waals surface area (Å²) < 4.78 is 71.2. The molecule has 1 saturated carbocycles. The lowest BCUT2D eigenvalue weighted by atomic mass is 10.2. The Morgan fingerprint density at radius 3 is 2.46 bits per heavy atom. The zero-order valence-electron chi connectivity index (χ0n) is 19.9. The number of rotatable bonds is 9. The van der Waals surface area contributed by atoms with Crippen molar-refractivity contribution < 1.29 is 31.5 Å². The number of amides is 1. The quantitative estimate of drug-likeness (QED) is 0.374. The zero-order chi connectivity index (χ0) is 26.8. The number of carbonyl (C=O) groups is 1. The highest BCUT2D eigenvalue weighted by atomic mass is 19.4. The Balaban J connectivity index is 1.16. The molecule has 202 valence electrons. The molecule has 4 rings (SSSR count). The standard InChI is InChI=1S/C22H26F5N7O3/c1-13(31-16-11-30-32-19(36)18(16)22(25,26)27)12-37-7-2-17(35)33-3-5-34(6-4-33)20-28-9-14(10-29-20)15-8-21(15,23)24/h9-11,13,15H,2-8,12H2,1H3,(H2,31,32,36). The van der Waals surface area contributed by atoms with Crippen LogP contribution in [-0.4, -0.2) is 82.3 Å². The van der Waals surface area contributed by atoms with E-state index in [4.69, 9.17) is 4.74 Å². The number of halogens is 5. The summed E-state index contributed by atoms with van der Waals surface area (Å²) in [5, 5.41) is 7.73. The number of aromatic amines is 1. The molecule has 1 saturated heterocycles. The third kappa shape index (κ3) is 6.50. The number of nitrogens with zero attached hydrogens (tertiary/aromatic N) is 5. The fraction of sp³-hybridized carbons (Fsp3) is 0.591. The van der Waals surface area contributed by atoms with Crippen LogP contribution in [0.25, 0.3) is 0 Å². The summed E-state index contributed by atoms with van der Waals surface area (Å²) in [6.07, 6.45) is -1.20. The Kier molecular flexibility index (Phi) is 7.62. The maximum atomic E-state index is 13.2. The third-order valence-electron chi connectivity index (χ3n) is 6.17. The number of carbonyl (C=O) groups excluding carboxylic acids is 1. The fourth-order valence-corrected chi connectivity index (χ4v) is 4.08. The molecule has 0 radical (unpaired) electrons. The predicted molar refractivity (Wildman–Crippen MR) is 122 cm³/mol. The average Bonchev–Trinajstić information content (AvgIpc) is 3.49. The van der Waals surface area contributed by atoms with E-state index >= 15 is 0 Å². The molecular weight excluding hydrogens is 505 g/mol. The summed E-state index contributed by atoms with van der Waals surface area (Å²) in [4.78, 5) is 36.0. The van der Waals surface area contributed by atoms with Gasteiger partial charge in [-0.3, -0.25) is 9.59 Å². The lowest BCUT2D eigenvalue weighted by Gasteiger charge is -2.34. The molecule has 3 heterocycles. The van der Waals surface area contributed by atoms with Crippen molar-refractivity contribution in [1.29, 1.82) is 0 Å². The predicted octanol–water partition coefficient (Wildman–Crippen LogP) is 2.26. The van der Waals surface area contributed by atoms with Gasteiger partial charge in [0.05, 0.1) is 37.4 Å². The number of alkyl halides is 5. The van der Waals surface area contributed by atoms with Crippen molar-refractivity contribution in [3.8, 4) is 0 Å². The summed E-state index contributed by atoms with van der Waals surface area (Å²) in [7, 11) is 0. The van der Waals surface area contributed by atoms with Gasteiger partial charge in [0.15, 0.2) is 0 Å². The number of aromatic nitrogens is 4. The number of hydrogen-bond acceptors (Lipinski definition) is 8. The molecule has 2 N–H and O–H groups in total. The number of nitrogens with one attached hydrogen (secondary N) is 2. The van der Waals surface area contributed by atoms with Crippen molar-refractivity contribution in [3.63, 3.8) is 0 Å². The van der Waals surface area contributed by atoms with E-state index in [-0.39, 0.29) is 32.0 Å². The number of hydrogen-bond donors (Lipinski definition) is 2. The average molecular weight is 531 g/mol. The van der Waals surface area contributed by atoms with Crippen LogP contribution in [0.15, 0.2) is 23.4 Å². The van der Waals surface area contributed by atoms with E-state index in [2.05, 4.69) is 20.4 Å². The molecule has 2 aromatic rings. The van der Waals surface area contributed by atoms with Crippen LogP contribution in [0, 0.1) is 0 Å². The van der Waals surface area contributed by atoms with Crippen molar-refractivity contribution in [2.24, 2.45) is 0 Å². The summed E-state index contributed by atoms with van der Waals surface area (Å²) >= 11 is 0. The number of H-pyrrole nitrogens is 1. The van der Waals surface area contributed by atoms with Crippen LogP contribution in [0.2, 0.25) is 0 Å². The summed E-state index contributed by atoms with van der Waals surface area (Å²) in [6.45, 7) is 3.48. The number of ether oxygens (including phenoxy) is 1. The van der Waals surface area contributed by atoms with E-state index in [9.17, 15) is 31.5 Å². The van der Waals surface area contributed by atoms with Crippen molar-refractivity contribution >= 4 is 17.5 Å². The van der Waals surface area contributed by atoms with Crippen molar-refractivity contribution in [1.82, 2.24) is 25.1 Å². The second-order valence-corrected chi connectivity index (χ2v) is 9.06. The Labute approximate surface area is 208 Å². The Bertz CT molecular complexity index is 1150. The zero-order valence-corrected chi connectivity index (χ0v) is 19.9. The number of anilines is 2. The molecule has 2 aromatic heterocycles. The molecule has 1 aliphatic heterocycles. The molecule has 15 heteroatoms. The van der Waals surface area contributed by atoms with Crippen LogP contribution in [0.4, 0.5) is 33.6 Å². The molecule has 2 fully saturated rings. The first-order valence-electron chi connectivity index (χ1n) is 11.7. The highest BCUT2D eigenvalue weighted by Gasteiger charge is 2.57. The second kappa shape index (κ2) is 10.6. The minimum absolute atomic E-state index is 0.00524. The molecule has 0 aromatic carbocycles. The van der Waals surface area contributed by atoms with Crippen LogP contribution in [-0.2, 0) is 15.7 Å². The monoisotopic (exact) mass is 531 g/mol. The summed E-state index contributed by atoms with van der Waals surface area (Å²) in [5.41, 5.74) is -2.75. The van der Waals surface area contributed by atoms with Gasteiger partial charge in [0.1, 0.15) is 5.56 Å². The van der Waals surface area contributed by atoms with E-state index in [1.165, 1.54) is 12.4 Å². The molecule has 2 aliphatic rings. The third-order valence-corrected chi connectivity index (χ3v) is 6.17. The van der Waals surface area contributed by atoms with Crippen molar-refractivity contribution in [2.45, 2.75) is 43.8 Å². The lowest BCUT2D eigenvalue weighted by molar-refractivity contribution is -0.138. The first-order chi connectivity index (χ1) is 17.5. The molecule has 2 unspecified atom stereocenters. The maximum absolute atomic E-state index is 13.2. The van der Waals surface area contributed by atoms with Crippen LogP contribution in [0.3, 0.4) is 0 Å². The SMILES string of the molecule is CC(COCCC(=O)N1CCN(c2ncc(C3CC3(F)F)cn2)CC1)Nc1cn[nH]c(=O)c1C(F)(F)F. The maximum Gasteiger partial charge on any atom is 0.423 e. The molecule has 1 aliphatic carbocycles.